The summed E-state index contributed by atoms with van der Waals surface area (Å²) in [6, 6.07) is 2.71. The van der Waals surface area contributed by atoms with Crippen LogP contribution in [0.4, 0.5) is 10.2 Å². The van der Waals surface area contributed by atoms with Crippen molar-refractivity contribution >= 4 is 12.0 Å². The fraction of sp³-hybridized carbons (Fsp3) is 0.632. The van der Waals surface area contributed by atoms with Crippen LogP contribution in [-0.2, 0) is 4.79 Å². The molecule has 1 rings (SSSR count). The van der Waals surface area contributed by atoms with E-state index >= 15 is 0 Å². The average Bonchev–Trinajstić information content (AvgIpc) is 2.66. The zero-order valence-corrected chi connectivity index (χ0v) is 16.5. The fourth-order valence-corrected chi connectivity index (χ4v) is 1.65. The third-order valence-electron chi connectivity index (χ3n) is 3.22. The van der Waals surface area contributed by atoms with Crippen molar-refractivity contribution in [2.24, 2.45) is 0 Å². The highest BCUT2D eigenvalue weighted by Crippen LogP contribution is 2.35. The minimum atomic E-state index is -0.530. The van der Waals surface area contributed by atoms with Crippen molar-refractivity contribution in [2.45, 2.75) is 66.3 Å². The number of unbranched alkanes of at least 4 members (excludes halogenated alkanes) is 2. The number of ether oxygens (including phenoxy) is 2. The Hall–Kier alpha value is -1.82. The van der Waals surface area contributed by atoms with E-state index in [2.05, 4.69) is 13.8 Å². The van der Waals surface area contributed by atoms with E-state index in [1.54, 1.807) is 24.6 Å². The van der Waals surface area contributed by atoms with Gasteiger partial charge in [-0.2, -0.15) is 5.54 Å². The topological polar surface area (TPSA) is 73.6 Å². The summed E-state index contributed by atoms with van der Waals surface area (Å²) < 4.78 is 23.2. The second-order valence-electron chi connectivity index (χ2n) is 5.12. The Kier molecular flexibility index (Phi) is 17.3. The number of benzene rings is 1. The highest BCUT2D eigenvalue weighted by Gasteiger charge is 2.14. The van der Waals surface area contributed by atoms with Crippen LogP contribution in [0, 0.1) is 0 Å². The summed E-state index contributed by atoms with van der Waals surface area (Å²) in [6.45, 7) is 10.4. The number of nitrogen functional groups attached to an aromatic ring is 1. The SMILES string of the molecule is CC.CCCC.COc1cc(C(C)NF)c(N)cc1OCCCC=O. The van der Waals surface area contributed by atoms with Crippen molar-refractivity contribution in [3.63, 3.8) is 0 Å². The smallest absolute Gasteiger partial charge is 0.163 e. The van der Waals surface area contributed by atoms with Gasteiger partial charge in [0.1, 0.15) is 6.29 Å². The van der Waals surface area contributed by atoms with Crippen LogP contribution >= 0.6 is 0 Å². The first-order chi connectivity index (χ1) is 12.0. The molecule has 0 bridgehead atoms. The lowest BCUT2D eigenvalue weighted by molar-refractivity contribution is -0.108. The predicted octanol–water partition coefficient (Wildman–Crippen LogP) is 5.00. The molecule has 6 heteroatoms. The zero-order chi connectivity index (χ0) is 19.7. The first-order valence-corrected chi connectivity index (χ1v) is 8.95. The molecule has 0 saturated heterocycles. The maximum atomic E-state index is 12.5. The Bertz CT molecular complexity index is 455. The number of carbonyl (C=O) groups is 1. The maximum Gasteiger partial charge on any atom is 0.163 e. The van der Waals surface area contributed by atoms with Gasteiger partial charge in [-0.05, 0) is 25.0 Å². The molecule has 0 aliphatic carbocycles. The van der Waals surface area contributed by atoms with Crippen LogP contribution in [0.1, 0.15) is 71.9 Å². The van der Waals surface area contributed by atoms with Crippen LogP contribution in [0.25, 0.3) is 0 Å². The predicted molar refractivity (Wildman–Crippen MR) is 103 cm³/mol. The largest absolute Gasteiger partial charge is 0.493 e. The van der Waals surface area contributed by atoms with Gasteiger partial charge < -0.3 is 20.0 Å². The van der Waals surface area contributed by atoms with Gasteiger partial charge in [0.05, 0.1) is 19.8 Å². The van der Waals surface area contributed by atoms with Crippen LogP contribution in [0.15, 0.2) is 12.1 Å². The number of methoxy groups -OCH3 is 1. The molecule has 3 N–H and O–H groups in total. The minimum absolute atomic E-state index is 0.394. The Labute approximate surface area is 152 Å². The standard InChI is InChI=1S/C13H19FN2O3.C4H10.C2H6/c1-9(16-14)10-7-12(18-2)13(8-11(10)15)19-6-4-3-5-17;1-3-4-2;1-2/h5,7-9,16H,3-4,6,15H2,1-2H3;3-4H2,1-2H3;1-2H3. The molecule has 0 amide bonds. The van der Waals surface area contributed by atoms with Gasteiger partial charge in [0, 0.05) is 18.2 Å². The number of carbonyl (C=O) groups excluding carboxylic acids is 1. The number of nitrogens with one attached hydrogen (secondary N) is 1. The number of anilines is 1. The molecule has 0 heterocycles. The molecule has 0 aliphatic heterocycles. The molecule has 0 fully saturated rings. The van der Waals surface area contributed by atoms with Gasteiger partial charge in [0.15, 0.2) is 11.5 Å². The molecule has 0 aliphatic rings. The number of nitrogens with two attached hydrogens (primary N) is 1. The van der Waals surface area contributed by atoms with Crippen molar-refractivity contribution in [3.8, 4) is 11.5 Å². The van der Waals surface area contributed by atoms with E-state index in [0.29, 0.717) is 42.2 Å². The van der Waals surface area contributed by atoms with Gasteiger partial charge in [-0.25, -0.2) is 0 Å². The van der Waals surface area contributed by atoms with Gasteiger partial charge in [-0.15, -0.1) is 4.48 Å². The van der Waals surface area contributed by atoms with Crippen molar-refractivity contribution in [2.75, 3.05) is 19.5 Å². The van der Waals surface area contributed by atoms with Crippen molar-refractivity contribution in [1.29, 1.82) is 0 Å². The third-order valence-corrected chi connectivity index (χ3v) is 3.22. The van der Waals surface area contributed by atoms with Gasteiger partial charge in [0.2, 0.25) is 0 Å². The van der Waals surface area contributed by atoms with Gasteiger partial charge in [-0.1, -0.05) is 40.5 Å². The molecule has 0 radical (unpaired) electrons. The third kappa shape index (κ3) is 10.6. The highest BCUT2D eigenvalue weighted by molar-refractivity contribution is 5.59. The molecule has 1 atom stereocenters. The van der Waals surface area contributed by atoms with E-state index < -0.39 is 6.04 Å². The molecular formula is C19H35FN2O3. The molecule has 146 valence electrons. The van der Waals surface area contributed by atoms with E-state index in [0.717, 1.165) is 6.29 Å². The van der Waals surface area contributed by atoms with E-state index in [9.17, 15) is 9.28 Å². The fourth-order valence-electron chi connectivity index (χ4n) is 1.65. The lowest BCUT2D eigenvalue weighted by Crippen LogP contribution is -2.11. The quantitative estimate of drug-likeness (QED) is 0.281. The number of hydrogen-bond donors (Lipinski definition) is 2. The summed E-state index contributed by atoms with van der Waals surface area (Å²) >= 11 is 0. The molecule has 25 heavy (non-hydrogen) atoms. The Morgan fingerprint density at radius 3 is 2.28 bits per heavy atom. The molecule has 0 aromatic heterocycles. The second kappa shape index (κ2) is 17.0. The zero-order valence-electron chi connectivity index (χ0n) is 16.5. The number of rotatable bonds is 9. The van der Waals surface area contributed by atoms with Crippen molar-refractivity contribution < 1.29 is 18.7 Å². The molecule has 5 nitrogen and oxygen atoms in total. The summed E-state index contributed by atoms with van der Waals surface area (Å²) in [5.74, 6) is 0.970. The summed E-state index contributed by atoms with van der Waals surface area (Å²) in [6.07, 6.45) is 4.54. The molecule has 0 saturated carbocycles. The van der Waals surface area contributed by atoms with E-state index in [1.165, 1.54) is 20.0 Å². The molecule has 1 aromatic rings. The lowest BCUT2D eigenvalue weighted by atomic mass is 10.1. The van der Waals surface area contributed by atoms with Crippen molar-refractivity contribution in [1.82, 2.24) is 5.54 Å². The average molecular weight is 358 g/mol. The molecular weight excluding hydrogens is 323 g/mol. The second-order valence-corrected chi connectivity index (χ2v) is 5.12. The first-order valence-electron chi connectivity index (χ1n) is 8.95. The summed E-state index contributed by atoms with van der Waals surface area (Å²) in [4.78, 5) is 10.2. The lowest BCUT2D eigenvalue weighted by Gasteiger charge is -2.16. The molecule has 0 spiro atoms. The van der Waals surface area contributed by atoms with E-state index in [1.807, 2.05) is 13.8 Å². The summed E-state index contributed by atoms with van der Waals surface area (Å²) in [5.41, 5.74) is 8.51. The maximum absolute atomic E-state index is 12.5. The Morgan fingerprint density at radius 2 is 1.84 bits per heavy atom. The van der Waals surface area contributed by atoms with Crippen LogP contribution in [-0.4, -0.2) is 20.0 Å². The Morgan fingerprint density at radius 1 is 1.24 bits per heavy atom. The van der Waals surface area contributed by atoms with Crippen LogP contribution in [0.5, 0.6) is 11.5 Å². The monoisotopic (exact) mass is 358 g/mol. The van der Waals surface area contributed by atoms with Crippen LogP contribution in [0.2, 0.25) is 0 Å². The molecule has 1 unspecified atom stereocenters. The highest BCUT2D eigenvalue weighted by atomic mass is 19.2. The van der Waals surface area contributed by atoms with Gasteiger partial charge >= 0.3 is 0 Å². The molecule has 1 aromatic carbocycles. The normalized spacial score (nSPS) is 10.5. The summed E-state index contributed by atoms with van der Waals surface area (Å²) in [5, 5.41) is 0. The van der Waals surface area contributed by atoms with Gasteiger partial charge in [-0.3, -0.25) is 0 Å². The minimum Gasteiger partial charge on any atom is -0.493 e. The van der Waals surface area contributed by atoms with Gasteiger partial charge in [0.25, 0.3) is 0 Å². The number of aldehydes is 1. The summed E-state index contributed by atoms with van der Waals surface area (Å²) in [7, 11) is 1.50. The number of hydrogen-bond acceptors (Lipinski definition) is 5. The van der Waals surface area contributed by atoms with E-state index in [-0.39, 0.29) is 0 Å². The van der Waals surface area contributed by atoms with Crippen LogP contribution < -0.4 is 20.7 Å². The van der Waals surface area contributed by atoms with Crippen LogP contribution in [0.3, 0.4) is 0 Å². The first kappa shape index (κ1) is 25.4. The van der Waals surface area contributed by atoms with Crippen molar-refractivity contribution in [3.05, 3.63) is 17.7 Å². The Balaban J connectivity index is 0. The van der Waals surface area contributed by atoms with E-state index in [4.69, 9.17) is 15.2 Å². The number of halogens is 1.